The summed E-state index contributed by atoms with van der Waals surface area (Å²) in [4.78, 5) is 11.2. The molecule has 0 spiro atoms. The van der Waals surface area contributed by atoms with Gasteiger partial charge in [-0.1, -0.05) is 18.2 Å². The summed E-state index contributed by atoms with van der Waals surface area (Å²) in [5.74, 6) is 0.649. The van der Waals surface area contributed by atoms with E-state index in [0.29, 0.717) is 13.2 Å². The number of esters is 1. The third-order valence-corrected chi connectivity index (χ3v) is 2.78. The minimum absolute atomic E-state index is 0.215. The third-order valence-electron chi connectivity index (χ3n) is 2.78. The molecule has 0 aliphatic carbocycles. The summed E-state index contributed by atoms with van der Waals surface area (Å²) in [5.41, 5.74) is 1.97. The maximum Gasteiger partial charge on any atom is 0.319 e. The zero-order valence-electron chi connectivity index (χ0n) is 10.7. The summed E-state index contributed by atoms with van der Waals surface area (Å²) in [6, 6.07) is 7.89. The van der Waals surface area contributed by atoms with E-state index in [1.165, 1.54) is 0 Å². The second-order valence-corrected chi connectivity index (χ2v) is 4.04. The first kappa shape index (κ1) is 12.6. The van der Waals surface area contributed by atoms with Gasteiger partial charge in [0.1, 0.15) is 11.3 Å². The predicted octanol–water partition coefficient (Wildman–Crippen LogP) is 2.39. The van der Waals surface area contributed by atoms with Crippen LogP contribution in [0.15, 0.2) is 28.7 Å². The van der Waals surface area contributed by atoms with Gasteiger partial charge < -0.3 is 14.5 Å². The lowest BCUT2D eigenvalue weighted by atomic mass is 10.1. The molecule has 4 heteroatoms. The predicted molar refractivity (Wildman–Crippen MR) is 69.3 cm³/mol. The van der Waals surface area contributed by atoms with Gasteiger partial charge in [0, 0.05) is 17.5 Å². The van der Waals surface area contributed by atoms with Gasteiger partial charge in [-0.05, 0) is 19.9 Å². The smallest absolute Gasteiger partial charge is 0.319 e. The fourth-order valence-corrected chi connectivity index (χ4v) is 1.94. The molecule has 1 N–H and O–H groups in total. The molecule has 0 atom stereocenters. The van der Waals surface area contributed by atoms with Crippen LogP contribution in [0.1, 0.15) is 18.2 Å². The van der Waals surface area contributed by atoms with Crippen LogP contribution in [0.4, 0.5) is 0 Å². The molecule has 2 aromatic rings. The summed E-state index contributed by atoms with van der Waals surface area (Å²) in [5, 5.41) is 4.16. The Hall–Kier alpha value is -1.81. The van der Waals surface area contributed by atoms with Crippen molar-refractivity contribution in [2.75, 3.05) is 13.2 Å². The molecule has 0 bridgehead atoms. The molecule has 0 saturated heterocycles. The first-order valence-electron chi connectivity index (χ1n) is 6.05. The quantitative estimate of drug-likeness (QED) is 0.824. The summed E-state index contributed by atoms with van der Waals surface area (Å²) >= 11 is 0. The van der Waals surface area contributed by atoms with Gasteiger partial charge >= 0.3 is 5.97 Å². The van der Waals surface area contributed by atoms with Crippen molar-refractivity contribution in [1.82, 2.24) is 5.32 Å². The lowest BCUT2D eigenvalue weighted by Gasteiger charge is -2.04. The molecular formula is C14H17NO3. The maximum atomic E-state index is 11.2. The van der Waals surface area contributed by atoms with Gasteiger partial charge in [0.15, 0.2) is 0 Å². The van der Waals surface area contributed by atoms with Crippen LogP contribution in [0.2, 0.25) is 0 Å². The summed E-state index contributed by atoms with van der Waals surface area (Å²) in [6.07, 6.45) is 0. The molecule has 1 heterocycles. The molecule has 0 aliphatic heterocycles. The van der Waals surface area contributed by atoms with Crippen LogP contribution in [-0.4, -0.2) is 19.1 Å². The highest BCUT2D eigenvalue weighted by molar-refractivity contribution is 5.82. The Bertz CT molecular complexity index is 545. The second-order valence-electron chi connectivity index (χ2n) is 4.04. The van der Waals surface area contributed by atoms with Crippen molar-refractivity contribution < 1.29 is 13.9 Å². The Morgan fingerprint density at radius 2 is 2.17 bits per heavy atom. The van der Waals surface area contributed by atoms with Crippen molar-refractivity contribution in [2.24, 2.45) is 0 Å². The topological polar surface area (TPSA) is 51.5 Å². The molecule has 0 amide bonds. The average molecular weight is 247 g/mol. The highest BCUT2D eigenvalue weighted by atomic mass is 16.5. The monoisotopic (exact) mass is 247 g/mol. The zero-order chi connectivity index (χ0) is 13.0. The number of carbonyl (C=O) groups is 1. The van der Waals surface area contributed by atoms with E-state index in [9.17, 15) is 4.79 Å². The van der Waals surface area contributed by atoms with Crippen LogP contribution in [0, 0.1) is 6.92 Å². The fourth-order valence-electron chi connectivity index (χ4n) is 1.94. The number of carbonyl (C=O) groups excluding carboxylic acids is 1. The number of hydrogen-bond donors (Lipinski definition) is 1. The number of para-hydroxylation sites is 1. The number of rotatable bonds is 5. The van der Waals surface area contributed by atoms with Gasteiger partial charge in [0.05, 0.1) is 13.2 Å². The van der Waals surface area contributed by atoms with E-state index in [2.05, 4.69) is 5.32 Å². The molecule has 1 aromatic carbocycles. The Morgan fingerprint density at radius 1 is 1.39 bits per heavy atom. The van der Waals surface area contributed by atoms with Crippen LogP contribution >= 0.6 is 0 Å². The summed E-state index contributed by atoms with van der Waals surface area (Å²) in [7, 11) is 0. The maximum absolute atomic E-state index is 11.2. The normalized spacial score (nSPS) is 10.8. The Labute approximate surface area is 106 Å². The van der Waals surface area contributed by atoms with Gasteiger partial charge in [-0.3, -0.25) is 4.79 Å². The van der Waals surface area contributed by atoms with Gasteiger partial charge in [-0.25, -0.2) is 0 Å². The minimum atomic E-state index is -0.233. The molecule has 0 fully saturated rings. The number of fused-ring (bicyclic) bond motifs is 1. The first-order chi connectivity index (χ1) is 8.72. The third kappa shape index (κ3) is 2.71. The Balaban J connectivity index is 2.03. The van der Waals surface area contributed by atoms with E-state index >= 15 is 0 Å². The number of ether oxygens (including phenoxy) is 1. The average Bonchev–Trinajstić information content (AvgIpc) is 2.66. The first-order valence-corrected chi connectivity index (χ1v) is 6.05. The van der Waals surface area contributed by atoms with Crippen LogP contribution in [-0.2, 0) is 16.1 Å². The molecule has 0 saturated carbocycles. The van der Waals surface area contributed by atoms with Gasteiger partial charge in [-0.2, -0.15) is 0 Å². The van der Waals surface area contributed by atoms with E-state index in [4.69, 9.17) is 9.15 Å². The zero-order valence-corrected chi connectivity index (χ0v) is 10.7. The van der Waals surface area contributed by atoms with Crippen molar-refractivity contribution >= 4 is 16.9 Å². The van der Waals surface area contributed by atoms with Crippen LogP contribution < -0.4 is 5.32 Å². The number of furan rings is 1. The number of nitrogens with one attached hydrogen (secondary N) is 1. The van der Waals surface area contributed by atoms with Crippen LogP contribution in [0.3, 0.4) is 0 Å². The second kappa shape index (κ2) is 5.69. The van der Waals surface area contributed by atoms with Crippen LogP contribution in [0.5, 0.6) is 0 Å². The van der Waals surface area contributed by atoms with E-state index in [-0.39, 0.29) is 12.5 Å². The lowest BCUT2D eigenvalue weighted by molar-refractivity contribution is -0.142. The molecule has 4 nitrogen and oxygen atoms in total. The van der Waals surface area contributed by atoms with Crippen molar-refractivity contribution in [3.8, 4) is 0 Å². The van der Waals surface area contributed by atoms with E-state index in [1.54, 1.807) is 6.92 Å². The van der Waals surface area contributed by atoms with Gasteiger partial charge in [-0.15, -0.1) is 0 Å². The standard InChI is InChI=1S/C14H17NO3/c1-3-17-14(16)9-15-8-12-10(2)18-13-7-5-4-6-11(12)13/h4-7,15H,3,8-9H2,1-2H3. The molecule has 96 valence electrons. The highest BCUT2D eigenvalue weighted by Gasteiger charge is 2.10. The minimum Gasteiger partial charge on any atom is -0.465 e. The fraction of sp³-hybridized carbons (Fsp3) is 0.357. The van der Waals surface area contributed by atoms with E-state index < -0.39 is 0 Å². The number of aryl methyl sites for hydroxylation is 1. The molecule has 0 radical (unpaired) electrons. The molecule has 18 heavy (non-hydrogen) atoms. The van der Waals surface area contributed by atoms with E-state index in [0.717, 1.165) is 22.3 Å². The van der Waals surface area contributed by atoms with Crippen molar-refractivity contribution in [3.05, 3.63) is 35.6 Å². The molecule has 0 unspecified atom stereocenters. The van der Waals surface area contributed by atoms with Gasteiger partial charge in [0.25, 0.3) is 0 Å². The lowest BCUT2D eigenvalue weighted by Crippen LogP contribution is -2.24. The summed E-state index contributed by atoms with van der Waals surface area (Å²) in [6.45, 7) is 4.95. The SMILES string of the molecule is CCOC(=O)CNCc1c(C)oc2ccccc12. The Morgan fingerprint density at radius 3 is 2.94 bits per heavy atom. The molecular weight excluding hydrogens is 230 g/mol. The molecule has 2 rings (SSSR count). The van der Waals surface area contributed by atoms with Gasteiger partial charge in [0.2, 0.25) is 0 Å². The number of benzene rings is 1. The van der Waals surface area contributed by atoms with Crippen LogP contribution in [0.25, 0.3) is 11.0 Å². The Kier molecular flexibility index (Phi) is 3.99. The number of hydrogen-bond acceptors (Lipinski definition) is 4. The largest absolute Gasteiger partial charge is 0.465 e. The molecule has 0 aliphatic rings. The van der Waals surface area contributed by atoms with Crippen molar-refractivity contribution in [1.29, 1.82) is 0 Å². The van der Waals surface area contributed by atoms with E-state index in [1.807, 2.05) is 31.2 Å². The summed E-state index contributed by atoms with van der Waals surface area (Å²) < 4.78 is 10.5. The van der Waals surface area contributed by atoms with Crippen molar-refractivity contribution in [3.63, 3.8) is 0 Å². The van der Waals surface area contributed by atoms with Crippen molar-refractivity contribution in [2.45, 2.75) is 20.4 Å². The molecule has 1 aromatic heterocycles. The highest BCUT2D eigenvalue weighted by Crippen LogP contribution is 2.24.